The van der Waals surface area contributed by atoms with Crippen molar-refractivity contribution in [1.82, 2.24) is 14.5 Å². The number of carbonyl (C=O) groups is 1. The normalized spacial score (nSPS) is 22.5. The van der Waals surface area contributed by atoms with Gasteiger partial charge >= 0.3 is 6.18 Å². The summed E-state index contributed by atoms with van der Waals surface area (Å²) in [4.78, 5) is 14.2. The van der Waals surface area contributed by atoms with Crippen molar-refractivity contribution >= 4 is 27.5 Å². The highest BCUT2D eigenvalue weighted by Gasteiger charge is 2.41. The fraction of sp³-hybridized carbons (Fsp3) is 0.381. The zero-order chi connectivity index (χ0) is 23.1. The molecule has 1 N–H and O–H groups in total. The molecule has 2 aliphatic rings. The van der Waals surface area contributed by atoms with Crippen LogP contribution in [0.2, 0.25) is 5.02 Å². The van der Waals surface area contributed by atoms with Crippen LogP contribution in [0.1, 0.15) is 22.3 Å². The van der Waals surface area contributed by atoms with Crippen LogP contribution in [0.15, 0.2) is 53.4 Å². The van der Waals surface area contributed by atoms with Crippen LogP contribution < -0.4 is 5.32 Å². The zero-order valence-corrected chi connectivity index (χ0v) is 18.4. The summed E-state index contributed by atoms with van der Waals surface area (Å²) in [6, 6.07) is 10.0. The predicted octanol–water partition coefficient (Wildman–Crippen LogP) is 3.24. The molecule has 2 fully saturated rings. The first-order valence-electron chi connectivity index (χ1n) is 10.0. The largest absolute Gasteiger partial charge is 0.416 e. The van der Waals surface area contributed by atoms with Gasteiger partial charge in [-0.25, -0.2) is 8.42 Å². The van der Waals surface area contributed by atoms with E-state index in [-0.39, 0.29) is 36.0 Å². The lowest BCUT2D eigenvalue weighted by atomic mass is 10.1. The molecule has 0 aromatic heterocycles. The number of hydrogen-bond donors (Lipinski definition) is 1. The van der Waals surface area contributed by atoms with Gasteiger partial charge in [0.2, 0.25) is 10.0 Å². The molecule has 0 unspecified atom stereocenters. The Hall–Kier alpha value is -2.14. The number of alkyl halides is 3. The molecule has 1 amide bonds. The molecule has 2 atom stereocenters. The summed E-state index contributed by atoms with van der Waals surface area (Å²) in [5, 5.41) is 3.49. The fourth-order valence-corrected chi connectivity index (χ4v) is 5.83. The number of rotatable bonds is 4. The van der Waals surface area contributed by atoms with Crippen molar-refractivity contribution < 1.29 is 26.4 Å². The fourth-order valence-electron chi connectivity index (χ4n) is 4.19. The Labute approximate surface area is 189 Å². The van der Waals surface area contributed by atoms with Gasteiger partial charge in [0.25, 0.3) is 5.91 Å². The minimum absolute atomic E-state index is 0.125. The monoisotopic (exact) mass is 487 g/mol. The number of nitrogens with one attached hydrogen (secondary N) is 1. The van der Waals surface area contributed by atoms with Crippen molar-refractivity contribution in [3.63, 3.8) is 0 Å². The number of sulfonamides is 1. The standard InChI is InChI=1S/C21H21ClF3N3O3S/c22-16-6-4-14(5-7-16)20(29)26-17-11-18-13-28(9-8-27(18)12-17)32(30,31)19-3-1-2-15(10-19)21(23,24)25/h1-7,10,17-18H,8-9,11-13H2,(H,26,29)/t17-,18-/m0/s1. The third kappa shape index (κ3) is 4.78. The number of benzene rings is 2. The van der Waals surface area contributed by atoms with Crippen LogP contribution in [0.5, 0.6) is 0 Å². The second-order valence-corrected chi connectivity index (χ2v) is 10.3. The Morgan fingerprint density at radius 2 is 1.78 bits per heavy atom. The molecule has 2 aromatic carbocycles. The third-order valence-corrected chi connectivity index (χ3v) is 7.93. The molecule has 0 aliphatic carbocycles. The maximum Gasteiger partial charge on any atom is 0.416 e. The first kappa shape index (κ1) is 23.0. The van der Waals surface area contributed by atoms with Crippen LogP contribution in [0.25, 0.3) is 0 Å². The number of amides is 1. The van der Waals surface area contributed by atoms with Crippen LogP contribution in [-0.4, -0.2) is 61.8 Å². The molecule has 4 rings (SSSR count). The van der Waals surface area contributed by atoms with Crippen molar-refractivity contribution in [1.29, 1.82) is 0 Å². The van der Waals surface area contributed by atoms with E-state index in [9.17, 15) is 26.4 Å². The molecule has 6 nitrogen and oxygen atoms in total. The van der Waals surface area contributed by atoms with Crippen molar-refractivity contribution in [3.8, 4) is 0 Å². The second-order valence-electron chi connectivity index (χ2n) is 7.95. The third-order valence-electron chi connectivity index (χ3n) is 5.82. The molecular formula is C21H21ClF3N3O3S. The van der Waals surface area contributed by atoms with E-state index in [1.165, 1.54) is 10.4 Å². The van der Waals surface area contributed by atoms with Gasteiger partial charge in [0.15, 0.2) is 0 Å². The average Bonchev–Trinajstić information content (AvgIpc) is 3.15. The highest BCUT2D eigenvalue weighted by molar-refractivity contribution is 7.89. The summed E-state index contributed by atoms with van der Waals surface area (Å²) in [6.45, 7) is 1.36. The van der Waals surface area contributed by atoms with Crippen LogP contribution >= 0.6 is 11.6 Å². The molecule has 0 radical (unpaired) electrons. The van der Waals surface area contributed by atoms with Gasteiger partial charge in [0, 0.05) is 48.8 Å². The minimum Gasteiger partial charge on any atom is -0.348 e. The maximum atomic E-state index is 13.0. The van der Waals surface area contributed by atoms with E-state index in [4.69, 9.17) is 11.6 Å². The van der Waals surface area contributed by atoms with Crippen LogP contribution in [-0.2, 0) is 16.2 Å². The number of hydrogen-bond acceptors (Lipinski definition) is 4. The Kier molecular flexibility index (Phi) is 6.23. The summed E-state index contributed by atoms with van der Waals surface area (Å²) < 4.78 is 66.2. The van der Waals surface area contributed by atoms with E-state index in [2.05, 4.69) is 10.2 Å². The second kappa shape index (κ2) is 8.66. The van der Waals surface area contributed by atoms with E-state index >= 15 is 0 Å². The van der Waals surface area contributed by atoms with Gasteiger partial charge in [0.1, 0.15) is 0 Å². The topological polar surface area (TPSA) is 69.7 Å². The lowest BCUT2D eigenvalue weighted by molar-refractivity contribution is -0.137. The van der Waals surface area contributed by atoms with Gasteiger partial charge in [-0.2, -0.15) is 17.5 Å². The van der Waals surface area contributed by atoms with E-state index < -0.39 is 21.8 Å². The summed E-state index contributed by atoms with van der Waals surface area (Å²) in [5.74, 6) is -0.236. The summed E-state index contributed by atoms with van der Waals surface area (Å²) in [6.07, 6.45) is -4.07. The Balaban J connectivity index is 1.42. The van der Waals surface area contributed by atoms with Gasteiger partial charge in [-0.3, -0.25) is 9.69 Å². The number of halogens is 4. The van der Waals surface area contributed by atoms with Crippen molar-refractivity contribution in [3.05, 3.63) is 64.7 Å². The Bertz CT molecular complexity index is 1110. The lowest BCUT2D eigenvalue weighted by Crippen LogP contribution is -2.52. The molecule has 11 heteroatoms. The molecule has 2 heterocycles. The van der Waals surface area contributed by atoms with Crippen LogP contribution in [0.3, 0.4) is 0 Å². The van der Waals surface area contributed by atoms with E-state index in [1.807, 2.05) is 0 Å². The Morgan fingerprint density at radius 3 is 2.47 bits per heavy atom. The molecule has 2 aromatic rings. The number of carbonyl (C=O) groups excluding carboxylic acids is 1. The van der Waals surface area contributed by atoms with Crippen molar-refractivity contribution in [2.24, 2.45) is 0 Å². The minimum atomic E-state index is -4.62. The van der Waals surface area contributed by atoms with Gasteiger partial charge in [-0.1, -0.05) is 17.7 Å². The predicted molar refractivity (Wildman–Crippen MR) is 113 cm³/mol. The summed E-state index contributed by atoms with van der Waals surface area (Å²) >= 11 is 5.85. The maximum absolute atomic E-state index is 13.0. The molecule has 32 heavy (non-hydrogen) atoms. The molecule has 0 spiro atoms. The molecule has 0 saturated carbocycles. The molecule has 2 saturated heterocycles. The molecule has 0 bridgehead atoms. The molecular weight excluding hydrogens is 467 g/mol. The van der Waals surface area contributed by atoms with Crippen molar-refractivity contribution in [2.45, 2.75) is 29.6 Å². The van der Waals surface area contributed by atoms with Gasteiger partial charge < -0.3 is 5.32 Å². The zero-order valence-electron chi connectivity index (χ0n) is 16.8. The smallest absolute Gasteiger partial charge is 0.348 e. The van der Waals surface area contributed by atoms with Crippen molar-refractivity contribution in [2.75, 3.05) is 26.2 Å². The van der Waals surface area contributed by atoms with Crippen LogP contribution in [0, 0.1) is 0 Å². The number of piperazine rings is 1. The summed E-state index contributed by atoms with van der Waals surface area (Å²) in [5.41, 5.74) is -0.518. The van der Waals surface area contributed by atoms with Gasteiger partial charge in [-0.15, -0.1) is 0 Å². The SMILES string of the molecule is O=C(N[C@H]1C[C@H]2CN(S(=O)(=O)c3cccc(C(F)(F)F)c3)CCN2C1)c1ccc(Cl)cc1. The van der Waals surface area contributed by atoms with Gasteiger partial charge in [-0.05, 0) is 48.9 Å². The molecule has 172 valence electrons. The van der Waals surface area contributed by atoms with E-state index in [0.29, 0.717) is 36.2 Å². The summed E-state index contributed by atoms with van der Waals surface area (Å²) in [7, 11) is -4.06. The van der Waals surface area contributed by atoms with E-state index in [0.717, 1.165) is 12.1 Å². The van der Waals surface area contributed by atoms with Crippen LogP contribution in [0.4, 0.5) is 13.2 Å². The van der Waals surface area contributed by atoms with E-state index in [1.54, 1.807) is 24.3 Å². The average molecular weight is 488 g/mol. The van der Waals surface area contributed by atoms with Gasteiger partial charge in [0.05, 0.1) is 10.5 Å². The number of fused-ring (bicyclic) bond motifs is 1. The molecule has 2 aliphatic heterocycles. The highest BCUT2D eigenvalue weighted by Crippen LogP contribution is 2.32. The quantitative estimate of drug-likeness (QED) is 0.719. The lowest BCUT2D eigenvalue weighted by Gasteiger charge is -2.36. The number of nitrogens with zero attached hydrogens (tertiary/aromatic N) is 2. The Morgan fingerprint density at radius 1 is 1.06 bits per heavy atom. The first-order valence-corrected chi connectivity index (χ1v) is 11.8. The first-order chi connectivity index (χ1) is 15.0. The highest BCUT2D eigenvalue weighted by atomic mass is 35.5.